The highest BCUT2D eigenvalue weighted by Gasteiger charge is 2.25. The molecule has 0 saturated heterocycles. The van der Waals surface area contributed by atoms with Crippen LogP contribution >= 0.6 is 0 Å². The first-order valence-electron chi connectivity index (χ1n) is 10.2. The Bertz CT molecular complexity index is 838. The summed E-state index contributed by atoms with van der Waals surface area (Å²) in [5.41, 5.74) is 9.02. The van der Waals surface area contributed by atoms with Crippen molar-refractivity contribution in [3.05, 3.63) is 60.2 Å². The molecule has 3 rings (SSSR count). The van der Waals surface area contributed by atoms with Crippen LogP contribution in [0.2, 0.25) is 0 Å². The summed E-state index contributed by atoms with van der Waals surface area (Å²) in [6.45, 7) is 6.00. The summed E-state index contributed by atoms with van der Waals surface area (Å²) in [5, 5.41) is 2.69. The predicted molar refractivity (Wildman–Crippen MR) is 117 cm³/mol. The molecule has 2 amide bonds. The molecule has 0 spiro atoms. The second-order valence-electron chi connectivity index (χ2n) is 7.78. The van der Waals surface area contributed by atoms with E-state index >= 15 is 0 Å². The van der Waals surface area contributed by atoms with E-state index < -0.39 is 6.04 Å². The maximum Gasteiger partial charge on any atom is 0.246 e. The molecule has 154 valence electrons. The van der Waals surface area contributed by atoms with Crippen molar-refractivity contribution in [2.24, 2.45) is 11.7 Å². The molecule has 2 aromatic carbocycles. The van der Waals surface area contributed by atoms with Gasteiger partial charge in [0.05, 0.1) is 24.0 Å². The number of benzene rings is 2. The monoisotopic (exact) mass is 394 g/mol. The molecule has 1 aliphatic rings. The lowest BCUT2D eigenvalue weighted by Gasteiger charge is -2.27. The van der Waals surface area contributed by atoms with Crippen LogP contribution in [0.1, 0.15) is 25.8 Å². The Balaban J connectivity index is 1.75. The van der Waals surface area contributed by atoms with Crippen molar-refractivity contribution in [2.75, 3.05) is 29.4 Å². The standard InChI is InChI=1S/C23H30N4O2/c1-17(2)22(24)23(29)25-15-21(28)27-14-8-13-26(16-18-9-4-3-5-10-18)19-11-6-7-12-20(19)27/h3-7,9-12,17,22H,8,13-16,24H2,1-2H3,(H,25,29)/t22-/m0/s1. The van der Waals surface area contributed by atoms with Gasteiger partial charge in [0.2, 0.25) is 11.8 Å². The molecule has 0 bridgehead atoms. The van der Waals surface area contributed by atoms with Gasteiger partial charge in [-0.15, -0.1) is 0 Å². The summed E-state index contributed by atoms with van der Waals surface area (Å²) in [4.78, 5) is 29.1. The average Bonchev–Trinajstić information content (AvgIpc) is 2.91. The van der Waals surface area contributed by atoms with Gasteiger partial charge in [-0.05, 0) is 30.0 Å². The number of anilines is 2. The van der Waals surface area contributed by atoms with E-state index in [-0.39, 0.29) is 24.3 Å². The highest BCUT2D eigenvalue weighted by molar-refractivity contribution is 6.00. The summed E-state index contributed by atoms with van der Waals surface area (Å²) >= 11 is 0. The number of nitrogens with one attached hydrogen (secondary N) is 1. The fraction of sp³-hybridized carbons (Fsp3) is 0.391. The molecule has 0 radical (unpaired) electrons. The van der Waals surface area contributed by atoms with E-state index in [4.69, 9.17) is 5.73 Å². The van der Waals surface area contributed by atoms with Gasteiger partial charge in [0.1, 0.15) is 0 Å². The number of para-hydroxylation sites is 2. The first-order chi connectivity index (χ1) is 14.0. The van der Waals surface area contributed by atoms with Crippen molar-refractivity contribution in [1.82, 2.24) is 5.32 Å². The number of hydrogen-bond acceptors (Lipinski definition) is 4. The van der Waals surface area contributed by atoms with Crippen molar-refractivity contribution in [1.29, 1.82) is 0 Å². The van der Waals surface area contributed by atoms with Crippen molar-refractivity contribution >= 4 is 23.2 Å². The minimum Gasteiger partial charge on any atom is -0.365 e. The normalized spacial score (nSPS) is 14.9. The lowest BCUT2D eigenvalue weighted by molar-refractivity contribution is -0.126. The second kappa shape index (κ2) is 9.56. The van der Waals surface area contributed by atoms with Gasteiger partial charge in [-0.1, -0.05) is 56.3 Å². The van der Waals surface area contributed by atoms with Gasteiger partial charge in [-0.2, -0.15) is 0 Å². The van der Waals surface area contributed by atoms with Crippen LogP contribution < -0.4 is 20.9 Å². The van der Waals surface area contributed by atoms with Gasteiger partial charge in [0, 0.05) is 19.6 Å². The highest BCUT2D eigenvalue weighted by atomic mass is 16.2. The van der Waals surface area contributed by atoms with Crippen LogP contribution in [0, 0.1) is 5.92 Å². The van der Waals surface area contributed by atoms with Crippen LogP contribution in [0.15, 0.2) is 54.6 Å². The molecule has 29 heavy (non-hydrogen) atoms. The zero-order chi connectivity index (χ0) is 20.8. The lowest BCUT2D eigenvalue weighted by atomic mass is 10.1. The molecule has 0 saturated carbocycles. The van der Waals surface area contributed by atoms with Gasteiger partial charge in [-0.25, -0.2) is 0 Å². The van der Waals surface area contributed by atoms with E-state index in [0.717, 1.165) is 30.9 Å². The molecule has 0 unspecified atom stereocenters. The molecule has 1 heterocycles. The SMILES string of the molecule is CC(C)[C@H](N)C(=O)NCC(=O)N1CCCN(Cc2ccccc2)c2ccccc21. The third kappa shape index (κ3) is 5.15. The molecule has 6 heteroatoms. The van der Waals surface area contributed by atoms with Crippen molar-refractivity contribution in [3.8, 4) is 0 Å². The van der Waals surface area contributed by atoms with Crippen LogP contribution in [0.25, 0.3) is 0 Å². The number of fused-ring (bicyclic) bond motifs is 1. The van der Waals surface area contributed by atoms with Crippen molar-refractivity contribution < 1.29 is 9.59 Å². The van der Waals surface area contributed by atoms with Crippen LogP contribution in [0.3, 0.4) is 0 Å². The molecule has 1 atom stereocenters. The van der Waals surface area contributed by atoms with E-state index in [1.807, 2.05) is 50.2 Å². The van der Waals surface area contributed by atoms with E-state index in [1.165, 1.54) is 5.56 Å². The Hall–Kier alpha value is -2.86. The molecule has 1 aliphatic heterocycles. The summed E-state index contributed by atoms with van der Waals surface area (Å²) in [7, 11) is 0. The smallest absolute Gasteiger partial charge is 0.246 e. The minimum atomic E-state index is -0.611. The fourth-order valence-electron chi connectivity index (χ4n) is 3.53. The van der Waals surface area contributed by atoms with Gasteiger partial charge < -0.3 is 20.9 Å². The van der Waals surface area contributed by atoms with Crippen LogP contribution in [0.5, 0.6) is 0 Å². The lowest BCUT2D eigenvalue weighted by Crippen LogP contribution is -2.48. The third-order valence-electron chi connectivity index (χ3n) is 5.28. The summed E-state index contributed by atoms with van der Waals surface area (Å²) in [5.74, 6) is -0.388. The molecule has 0 fully saturated rings. The number of carbonyl (C=O) groups excluding carboxylic acids is 2. The number of nitrogens with zero attached hydrogens (tertiary/aromatic N) is 2. The zero-order valence-corrected chi connectivity index (χ0v) is 17.2. The molecular weight excluding hydrogens is 364 g/mol. The molecule has 0 aromatic heterocycles. The fourth-order valence-corrected chi connectivity index (χ4v) is 3.53. The van der Waals surface area contributed by atoms with E-state index in [9.17, 15) is 9.59 Å². The second-order valence-corrected chi connectivity index (χ2v) is 7.78. The number of carbonyl (C=O) groups is 2. The Morgan fingerprint density at radius 3 is 2.34 bits per heavy atom. The molecular formula is C23H30N4O2. The first kappa shape index (κ1) is 20.9. The number of amides is 2. The van der Waals surface area contributed by atoms with E-state index in [1.54, 1.807) is 4.90 Å². The van der Waals surface area contributed by atoms with Gasteiger partial charge >= 0.3 is 0 Å². The number of nitrogens with two attached hydrogens (primary N) is 1. The van der Waals surface area contributed by atoms with E-state index in [0.29, 0.717) is 6.54 Å². The molecule has 2 aromatic rings. The van der Waals surface area contributed by atoms with Crippen LogP contribution in [-0.4, -0.2) is 37.5 Å². The molecule has 3 N–H and O–H groups in total. The van der Waals surface area contributed by atoms with Crippen molar-refractivity contribution in [2.45, 2.75) is 32.9 Å². The highest BCUT2D eigenvalue weighted by Crippen LogP contribution is 2.33. The Morgan fingerprint density at radius 2 is 1.66 bits per heavy atom. The molecule has 6 nitrogen and oxygen atoms in total. The number of rotatable bonds is 6. The maximum absolute atomic E-state index is 12.9. The number of hydrogen-bond donors (Lipinski definition) is 2. The quantitative estimate of drug-likeness (QED) is 0.789. The predicted octanol–water partition coefficient (Wildman–Crippen LogP) is 2.53. The van der Waals surface area contributed by atoms with Gasteiger partial charge in [-0.3, -0.25) is 9.59 Å². The Kier molecular flexibility index (Phi) is 6.88. The third-order valence-corrected chi connectivity index (χ3v) is 5.28. The largest absolute Gasteiger partial charge is 0.365 e. The van der Waals surface area contributed by atoms with Gasteiger partial charge in [0.15, 0.2) is 0 Å². The van der Waals surface area contributed by atoms with E-state index in [2.05, 4.69) is 28.4 Å². The molecule has 0 aliphatic carbocycles. The summed E-state index contributed by atoms with van der Waals surface area (Å²) in [6.07, 6.45) is 0.854. The summed E-state index contributed by atoms with van der Waals surface area (Å²) < 4.78 is 0. The van der Waals surface area contributed by atoms with Crippen LogP contribution in [-0.2, 0) is 16.1 Å². The summed E-state index contributed by atoms with van der Waals surface area (Å²) in [6, 6.07) is 17.7. The average molecular weight is 395 g/mol. The van der Waals surface area contributed by atoms with Gasteiger partial charge in [0.25, 0.3) is 0 Å². The van der Waals surface area contributed by atoms with Crippen molar-refractivity contribution in [3.63, 3.8) is 0 Å². The first-order valence-corrected chi connectivity index (χ1v) is 10.2. The Labute approximate surface area is 172 Å². The maximum atomic E-state index is 12.9. The topological polar surface area (TPSA) is 78.7 Å². The minimum absolute atomic E-state index is 0.0237. The Morgan fingerprint density at radius 1 is 1.00 bits per heavy atom. The zero-order valence-electron chi connectivity index (χ0n) is 17.2. The van der Waals surface area contributed by atoms with Crippen LogP contribution in [0.4, 0.5) is 11.4 Å².